The molecule has 142 valence electrons. The van der Waals surface area contributed by atoms with Crippen LogP contribution in [0.5, 0.6) is 17.2 Å². The first-order chi connectivity index (χ1) is 13.2. The Labute approximate surface area is 162 Å². The number of hydrogen-bond acceptors (Lipinski definition) is 3. The minimum absolute atomic E-state index is 0.389. The van der Waals surface area contributed by atoms with Gasteiger partial charge in [0, 0.05) is 5.92 Å². The molecule has 0 radical (unpaired) electrons. The van der Waals surface area contributed by atoms with Gasteiger partial charge in [-0.15, -0.1) is 0 Å². The van der Waals surface area contributed by atoms with Crippen LogP contribution < -0.4 is 14.2 Å². The lowest BCUT2D eigenvalue weighted by molar-refractivity contribution is 0.355. The van der Waals surface area contributed by atoms with Crippen LogP contribution in [-0.2, 0) is 0 Å². The molecular formula is C24H28O3. The minimum Gasteiger partial charge on any atom is -0.496 e. The van der Waals surface area contributed by atoms with E-state index in [-0.39, 0.29) is 0 Å². The SMILES string of the molecule is COc1ccc([C@H]2C=CCC[C@@H]2/C=C/c2ccc(OC)c(OC)c2)cc1C. The van der Waals surface area contributed by atoms with E-state index >= 15 is 0 Å². The van der Waals surface area contributed by atoms with Gasteiger partial charge in [-0.3, -0.25) is 0 Å². The zero-order valence-electron chi connectivity index (χ0n) is 16.6. The first-order valence-corrected chi connectivity index (χ1v) is 9.37. The van der Waals surface area contributed by atoms with Gasteiger partial charge in [0.1, 0.15) is 5.75 Å². The number of ether oxygens (including phenoxy) is 3. The number of benzene rings is 2. The van der Waals surface area contributed by atoms with Crippen LogP contribution in [0.15, 0.2) is 54.6 Å². The average Bonchev–Trinajstić information content (AvgIpc) is 2.72. The van der Waals surface area contributed by atoms with Gasteiger partial charge in [-0.25, -0.2) is 0 Å². The smallest absolute Gasteiger partial charge is 0.161 e. The molecule has 2 aromatic carbocycles. The summed E-state index contributed by atoms with van der Waals surface area (Å²) in [5.74, 6) is 3.30. The lowest BCUT2D eigenvalue weighted by Crippen LogP contribution is -2.12. The molecule has 27 heavy (non-hydrogen) atoms. The molecule has 1 aliphatic carbocycles. The molecule has 0 N–H and O–H groups in total. The zero-order valence-corrected chi connectivity index (χ0v) is 16.6. The van der Waals surface area contributed by atoms with Crippen molar-refractivity contribution in [3.05, 3.63) is 71.3 Å². The molecule has 0 saturated heterocycles. The molecule has 3 heteroatoms. The molecule has 3 nitrogen and oxygen atoms in total. The Kier molecular flexibility index (Phi) is 6.23. The quantitative estimate of drug-likeness (QED) is 0.608. The molecule has 0 spiro atoms. The molecule has 0 amide bonds. The second-order valence-electron chi connectivity index (χ2n) is 6.90. The third-order valence-electron chi connectivity index (χ3n) is 5.22. The molecule has 0 bridgehead atoms. The van der Waals surface area contributed by atoms with E-state index < -0.39 is 0 Å². The number of hydrogen-bond donors (Lipinski definition) is 0. The van der Waals surface area contributed by atoms with E-state index in [9.17, 15) is 0 Å². The van der Waals surface area contributed by atoms with Crippen LogP contribution in [0, 0.1) is 12.8 Å². The summed E-state index contributed by atoms with van der Waals surface area (Å²) in [5.41, 5.74) is 3.63. The van der Waals surface area contributed by atoms with Gasteiger partial charge < -0.3 is 14.2 Å². The van der Waals surface area contributed by atoms with Crippen molar-refractivity contribution in [1.82, 2.24) is 0 Å². The van der Waals surface area contributed by atoms with Crippen LogP contribution in [0.4, 0.5) is 0 Å². The minimum atomic E-state index is 0.389. The highest BCUT2D eigenvalue weighted by molar-refractivity contribution is 5.56. The summed E-state index contributed by atoms with van der Waals surface area (Å²) in [6, 6.07) is 12.5. The van der Waals surface area contributed by atoms with Crippen molar-refractivity contribution < 1.29 is 14.2 Å². The average molecular weight is 364 g/mol. The number of rotatable bonds is 6. The van der Waals surface area contributed by atoms with Crippen molar-refractivity contribution in [2.45, 2.75) is 25.7 Å². The molecule has 0 unspecified atom stereocenters. The summed E-state index contributed by atoms with van der Waals surface area (Å²) >= 11 is 0. The molecule has 3 rings (SSSR count). The molecule has 0 saturated carbocycles. The summed E-state index contributed by atoms with van der Waals surface area (Å²) < 4.78 is 16.1. The predicted molar refractivity (Wildman–Crippen MR) is 111 cm³/mol. The lowest BCUT2D eigenvalue weighted by atomic mass is 9.79. The van der Waals surface area contributed by atoms with Gasteiger partial charge in [0.25, 0.3) is 0 Å². The highest BCUT2D eigenvalue weighted by Gasteiger charge is 2.21. The topological polar surface area (TPSA) is 27.7 Å². The number of methoxy groups -OCH3 is 3. The molecule has 0 fully saturated rings. The third kappa shape index (κ3) is 4.36. The van der Waals surface area contributed by atoms with E-state index in [0.717, 1.165) is 35.7 Å². The maximum atomic E-state index is 5.41. The first kappa shape index (κ1) is 19.1. The summed E-state index contributed by atoms with van der Waals surface area (Å²) in [6.07, 6.45) is 11.4. The number of allylic oxidation sites excluding steroid dienone is 3. The monoisotopic (exact) mass is 364 g/mol. The molecular weight excluding hydrogens is 336 g/mol. The van der Waals surface area contributed by atoms with Gasteiger partial charge in [-0.2, -0.15) is 0 Å². The van der Waals surface area contributed by atoms with E-state index in [0.29, 0.717) is 11.8 Å². The Morgan fingerprint density at radius 2 is 1.63 bits per heavy atom. The van der Waals surface area contributed by atoms with E-state index in [2.05, 4.69) is 55.5 Å². The molecule has 2 aromatic rings. The van der Waals surface area contributed by atoms with Crippen LogP contribution in [0.25, 0.3) is 6.08 Å². The second-order valence-corrected chi connectivity index (χ2v) is 6.90. The van der Waals surface area contributed by atoms with Gasteiger partial charge in [0.2, 0.25) is 0 Å². The second kappa shape index (κ2) is 8.81. The van der Waals surface area contributed by atoms with Gasteiger partial charge in [0.15, 0.2) is 11.5 Å². The third-order valence-corrected chi connectivity index (χ3v) is 5.22. The molecule has 0 aromatic heterocycles. The van der Waals surface area contributed by atoms with Crippen LogP contribution >= 0.6 is 0 Å². The molecule has 0 aliphatic heterocycles. The highest BCUT2D eigenvalue weighted by Crippen LogP contribution is 2.37. The molecule has 0 heterocycles. The fourth-order valence-electron chi connectivity index (χ4n) is 3.73. The van der Waals surface area contributed by atoms with Gasteiger partial charge in [-0.1, -0.05) is 42.5 Å². The fourth-order valence-corrected chi connectivity index (χ4v) is 3.73. The van der Waals surface area contributed by atoms with Crippen LogP contribution in [0.3, 0.4) is 0 Å². The van der Waals surface area contributed by atoms with Crippen molar-refractivity contribution in [2.75, 3.05) is 21.3 Å². The predicted octanol–water partition coefficient (Wildman–Crippen LogP) is 5.78. The normalized spacial score (nSPS) is 19.3. The van der Waals surface area contributed by atoms with E-state index in [4.69, 9.17) is 14.2 Å². The van der Waals surface area contributed by atoms with Crippen LogP contribution in [0.2, 0.25) is 0 Å². The van der Waals surface area contributed by atoms with E-state index in [1.807, 2.05) is 12.1 Å². The standard InChI is InChI=1S/C24H28O3/c1-17-15-20(12-14-22(17)25-2)21-8-6-5-7-19(21)11-9-18-10-13-23(26-3)24(16-18)27-4/h6,8-16,19,21H,5,7H2,1-4H3/b11-9+/t19-,21+/m1/s1. The maximum Gasteiger partial charge on any atom is 0.161 e. The van der Waals surface area contributed by atoms with Crippen molar-refractivity contribution in [3.8, 4) is 17.2 Å². The van der Waals surface area contributed by atoms with Crippen LogP contribution in [-0.4, -0.2) is 21.3 Å². The van der Waals surface area contributed by atoms with Gasteiger partial charge in [-0.05, 0) is 60.6 Å². The Hall–Kier alpha value is -2.68. The van der Waals surface area contributed by atoms with E-state index in [1.54, 1.807) is 21.3 Å². The summed E-state index contributed by atoms with van der Waals surface area (Å²) in [5, 5.41) is 0. The Bertz CT molecular complexity index is 836. The number of aryl methyl sites for hydroxylation is 1. The van der Waals surface area contributed by atoms with Gasteiger partial charge >= 0.3 is 0 Å². The maximum absolute atomic E-state index is 5.41. The van der Waals surface area contributed by atoms with Crippen molar-refractivity contribution in [2.24, 2.45) is 5.92 Å². The van der Waals surface area contributed by atoms with Crippen LogP contribution in [0.1, 0.15) is 35.4 Å². The summed E-state index contributed by atoms with van der Waals surface area (Å²) in [7, 11) is 5.04. The molecule has 1 aliphatic rings. The Morgan fingerprint density at radius 3 is 2.33 bits per heavy atom. The lowest BCUT2D eigenvalue weighted by Gasteiger charge is -2.26. The van der Waals surface area contributed by atoms with Crippen molar-refractivity contribution in [3.63, 3.8) is 0 Å². The largest absolute Gasteiger partial charge is 0.496 e. The first-order valence-electron chi connectivity index (χ1n) is 9.37. The summed E-state index contributed by atoms with van der Waals surface area (Å²) in [4.78, 5) is 0. The Morgan fingerprint density at radius 1 is 0.889 bits per heavy atom. The Balaban J connectivity index is 1.83. The highest BCUT2D eigenvalue weighted by atomic mass is 16.5. The summed E-state index contributed by atoms with van der Waals surface area (Å²) in [6.45, 7) is 2.10. The fraction of sp³-hybridized carbons (Fsp3) is 0.333. The van der Waals surface area contributed by atoms with Gasteiger partial charge in [0.05, 0.1) is 21.3 Å². The van der Waals surface area contributed by atoms with Crippen molar-refractivity contribution >= 4 is 6.08 Å². The van der Waals surface area contributed by atoms with Crippen molar-refractivity contribution in [1.29, 1.82) is 0 Å². The molecule has 2 atom stereocenters. The zero-order chi connectivity index (χ0) is 19.2. The van der Waals surface area contributed by atoms with E-state index in [1.165, 1.54) is 11.1 Å².